The van der Waals surface area contributed by atoms with Gasteiger partial charge in [-0.1, -0.05) is 13.8 Å². The molecule has 5 N–H and O–H groups in total. The van der Waals surface area contributed by atoms with E-state index in [4.69, 9.17) is 14.6 Å². The third-order valence-corrected chi connectivity index (χ3v) is 2.61. The van der Waals surface area contributed by atoms with E-state index in [9.17, 15) is 4.79 Å². The number of carboxylic acid groups (broad SMARTS) is 1. The molecule has 0 bridgehead atoms. The van der Waals surface area contributed by atoms with Crippen molar-refractivity contribution in [2.45, 2.75) is 47.0 Å². The summed E-state index contributed by atoms with van der Waals surface area (Å²) in [7, 11) is 0. The maximum atomic E-state index is 11.6. The predicted octanol–water partition coefficient (Wildman–Crippen LogP) is 2.15. The van der Waals surface area contributed by atoms with Crippen LogP contribution in [0.4, 0.5) is 0 Å². The Kier molecular flexibility index (Phi) is 10.3. The molecular formula is C14H26N2O4. The van der Waals surface area contributed by atoms with Gasteiger partial charge in [-0.15, -0.1) is 0 Å². The Labute approximate surface area is 120 Å². The summed E-state index contributed by atoms with van der Waals surface area (Å²) in [5, 5.41) is 8.89. The highest BCUT2D eigenvalue weighted by molar-refractivity contribution is 5.89. The molecule has 6 heteroatoms. The average molecular weight is 286 g/mol. The van der Waals surface area contributed by atoms with Crippen molar-refractivity contribution in [3.8, 4) is 0 Å². The van der Waals surface area contributed by atoms with Crippen LogP contribution in [0.5, 0.6) is 0 Å². The first-order valence-electron chi connectivity index (χ1n) is 6.37. The van der Waals surface area contributed by atoms with Gasteiger partial charge in [-0.3, -0.25) is 0 Å². The van der Waals surface area contributed by atoms with Crippen molar-refractivity contribution in [3.63, 3.8) is 0 Å². The topological polar surface area (TPSA) is 119 Å². The maximum Gasteiger partial charge on any atom is 0.355 e. The number of H-pyrrole nitrogens is 1. The number of aryl methyl sites for hydroxylation is 1. The number of rotatable bonds is 4. The zero-order chi connectivity index (χ0) is 15.0. The molecule has 0 aliphatic heterocycles. The Morgan fingerprint density at radius 2 is 1.90 bits per heavy atom. The van der Waals surface area contributed by atoms with Gasteiger partial charge < -0.3 is 25.8 Å². The van der Waals surface area contributed by atoms with Gasteiger partial charge in [-0.25, -0.2) is 4.79 Å². The van der Waals surface area contributed by atoms with Crippen LogP contribution in [0.25, 0.3) is 0 Å². The van der Waals surface area contributed by atoms with E-state index >= 15 is 0 Å². The van der Waals surface area contributed by atoms with Crippen molar-refractivity contribution in [2.75, 3.05) is 6.61 Å². The Balaban J connectivity index is 0. The number of aromatic amines is 1. The van der Waals surface area contributed by atoms with Crippen molar-refractivity contribution in [2.24, 2.45) is 0 Å². The number of quaternary nitrogens is 1. The molecule has 0 aromatic carbocycles. The average Bonchev–Trinajstić information content (AvgIpc) is 2.70. The third-order valence-electron chi connectivity index (χ3n) is 2.61. The SMILES string of the molecule is CC(=O)[O-].CCOC(=O)c1[nH]c(C)cc1C(C)CC.[NH4+]. The number of aromatic nitrogens is 1. The van der Waals surface area contributed by atoms with Crippen molar-refractivity contribution in [1.29, 1.82) is 0 Å². The number of carboxylic acids is 1. The summed E-state index contributed by atoms with van der Waals surface area (Å²) < 4.78 is 5.01. The minimum absolute atomic E-state index is 0. The van der Waals surface area contributed by atoms with Crippen molar-refractivity contribution < 1.29 is 19.4 Å². The van der Waals surface area contributed by atoms with E-state index in [0.29, 0.717) is 18.2 Å². The summed E-state index contributed by atoms with van der Waals surface area (Å²) in [5.41, 5.74) is 2.69. The minimum atomic E-state index is -1.08. The van der Waals surface area contributed by atoms with Gasteiger partial charge in [0.1, 0.15) is 5.69 Å². The van der Waals surface area contributed by atoms with Crippen LogP contribution in [0.15, 0.2) is 6.07 Å². The molecule has 0 saturated heterocycles. The Hall–Kier alpha value is -1.82. The lowest BCUT2D eigenvalue weighted by Crippen LogP contribution is -2.16. The summed E-state index contributed by atoms with van der Waals surface area (Å²) in [6, 6.07) is 2.03. The fourth-order valence-electron chi connectivity index (χ4n) is 1.59. The second-order valence-electron chi connectivity index (χ2n) is 4.30. The van der Waals surface area contributed by atoms with Crippen LogP contribution in [0.2, 0.25) is 0 Å². The largest absolute Gasteiger partial charge is 0.550 e. The number of carbonyl (C=O) groups excluding carboxylic acids is 2. The Morgan fingerprint density at radius 1 is 1.40 bits per heavy atom. The molecule has 1 atom stereocenters. The molecule has 0 aliphatic rings. The lowest BCUT2D eigenvalue weighted by Gasteiger charge is -2.08. The van der Waals surface area contributed by atoms with Gasteiger partial charge in [0.25, 0.3) is 0 Å². The molecule has 6 nitrogen and oxygen atoms in total. The number of carbonyl (C=O) groups is 2. The summed E-state index contributed by atoms with van der Waals surface area (Å²) in [6.07, 6.45) is 1.02. The molecule has 1 heterocycles. The summed E-state index contributed by atoms with van der Waals surface area (Å²) >= 11 is 0. The highest BCUT2D eigenvalue weighted by Crippen LogP contribution is 2.24. The van der Waals surface area contributed by atoms with Crippen molar-refractivity contribution in [1.82, 2.24) is 11.1 Å². The van der Waals surface area contributed by atoms with Gasteiger partial charge in [0.15, 0.2) is 0 Å². The molecule has 0 spiro atoms. The van der Waals surface area contributed by atoms with E-state index in [1.807, 2.05) is 19.9 Å². The highest BCUT2D eigenvalue weighted by Gasteiger charge is 2.18. The first-order chi connectivity index (χ1) is 8.83. The summed E-state index contributed by atoms with van der Waals surface area (Å²) in [5.74, 6) is -0.949. The van der Waals surface area contributed by atoms with Crippen molar-refractivity contribution in [3.05, 3.63) is 23.0 Å². The second-order valence-corrected chi connectivity index (χ2v) is 4.30. The molecule has 0 saturated carbocycles. The fourth-order valence-corrected chi connectivity index (χ4v) is 1.59. The predicted molar refractivity (Wildman–Crippen MR) is 76.9 cm³/mol. The Morgan fingerprint density at radius 3 is 2.30 bits per heavy atom. The minimum Gasteiger partial charge on any atom is -0.550 e. The van der Waals surface area contributed by atoms with E-state index < -0.39 is 5.97 Å². The van der Waals surface area contributed by atoms with Crippen LogP contribution in [0.1, 0.15) is 61.8 Å². The smallest absolute Gasteiger partial charge is 0.355 e. The standard InChI is InChI=1S/C12H19NO2.C2H4O2.H3N/c1-5-8(3)10-7-9(4)13-11(10)12(14)15-6-2;1-2(3)4;/h7-8,13H,5-6H2,1-4H3;1H3,(H,3,4);1H3. The molecule has 0 aliphatic carbocycles. The summed E-state index contributed by atoms with van der Waals surface area (Å²) in [4.78, 5) is 23.6. The van der Waals surface area contributed by atoms with E-state index in [-0.39, 0.29) is 12.1 Å². The van der Waals surface area contributed by atoms with Crippen LogP contribution in [-0.2, 0) is 9.53 Å². The normalized spacial score (nSPS) is 10.7. The number of hydrogen-bond donors (Lipinski definition) is 2. The van der Waals surface area contributed by atoms with E-state index in [1.54, 1.807) is 0 Å². The van der Waals surface area contributed by atoms with Gasteiger partial charge in [-0.05, 0) is 44.7 Å². The molecule has 1 aromatic heterocycles. The zero-order valence-electron chi connectivity index (χ0n) is 13.2. The molecular weight excluding hydrogens is 260 g/mol. The number of hydrogen-bond acceptors (Lipinski definition) is 4. The number of ether oxygens (including phenoxy) is 1. The van der Waals surface area contributed by atoms with Crippen LogP contribution in [0.3, 0.4) is 0 Å². The Bertz CT molecular complexity index is 423. The first kappa shape index (κ1) is 20.5. The van der Waals surface area contributed by atoms with E-state index in [1.165, 1.54) is 0 Å². The molecule has 0 radical (unpaired) electrons. The quantitative estimate of drug-likeness (QED) is 0.824. The number of aliphatic carboxylic acids is 1. The molecule has 0 fully saturated rings. The third kappa shape index (κ3) is 6.94. The van der Waals surface area contributed by atoms with Crippen LogP contribution in [0, 0.1) is 6.92 Å². The summed E-state index contributed by atoms with van der Waals surface area (Å²) in [6.45, 7) is 9.38. The van der Waals surface area contributed by atoms with Gasteiger partial charge in [0.2, 0.25) is 0 Å². The number of esters is 1. The van der Waals surface area contributed by atoms with Crippen LogP contribution >= 0.6 is 0 Å². The lowest BCUT2D eigenvalue weighted by atomic mass is 9.98. The molecule has 1 aromatic rings. The monoisotopic (exact) mass is 286 g/mol. The highest BCUT2D eigenvalue weighted by atomic mass is 16.5. The molecule has 20 heavy (non-hydrogen) atoms. The van der Waals surface area contributed by atoms with E-state index in [2.05, 4.69) is 18.8 Å². The van der Waals surface area contributed by atoms with Gasteiger partial charge >= 0.3 is 5.97 Å². The van der Waals surface area contributed by atoms with Crippen LogP contribution in [-0.4, -0.2) is 23.5 Å². The molecule has 0 amide bonds. The van der Waals surface area contributed by atoms with Crippen LogP contribution < -0.4 is 11.3 Å². The van der Waals surface area contributed by atoms with Gasteiger partial charge in [0, 0.05) is 11.7 Å². The number of nitrogens with one attached hydrogen (secondary N) is 1. The second kappa shape index (κ2) is 10.0. The van der Waals surface area contributed by atoms with E-state index in [0.717, 1.165) is 24.6 Å². The molecule has 116 valence electrons. The molecule has 1 unspecified atom stereocenters. The molecule has 1 rings (SSSR count). The maximum absolute atomic E-state index is 11.6. The zero-order valence-corrected chi connectivity index (χ0v) is 13.2. The van der Waals surface area contributed by atoms with Crippen molar-refractivity contribution >= 4 is 11.9 Å². The lowest BCUT2D eigenvalue weighted by molar-refractivity contribution is -0.302. The fraction of sp³-hybridized carbons (Fsp3) is 0.571. The van der Waals surface area contributed by atoms with Gasteiger partial charge in [0.05, 0.1) is 6.61 Å². The first-order valence-corrected chi connectivity index (χ1v) is 6.37. The van der Waals surface area contributed by atoms with Gasteiger partial charge in [-0.2, -0.15) is 0 Å².